The van der Waals surface area contributed by atoms with Gasteiger partial charge in [0.05, 0.1) is 11.8 Å². The molecule has 0 aromatic heterocycles. The van der Waals surface area contributed by atoms with Crippen LogP contribution in [0.15, 0.2) is 73.0 Å². The summed E-state index contributed by atoms with van der Waals surface area (Å²) in [5.41, 5.74) is 1.91. The van der Waals surface area contributed by atoms with Crippen LogP contribution in [0.25, 0.3) is 10.8 Å². The summed E-state index contributed by atoms with van der Waals surface area (Å²) in [6.07, 6.45) is 4.63. The normalized spacial score (nSPS) is 21.3. The Kier molecular flexibility index (Phi) is 2.23. The molecule has 0 fully saturated rings. The van der Waals surface area contributed by atoms with Crippen molar-refractivity contribution in [2.45, 2.75) is 12.0 Å². The lowest BCUT2D eigenvalue weighted by molar-refractivity contribution is 0.138. The Balaban J connectivity index is 1.80. The van der Waals surface area contributed by atoms with E-state index >= 15 is 0 Å². The third kappa shape index (κ3) is 1.49. The third-order valence-corrected chi connectivity index (χ3v) is 4.56. The number of hydrogen-bond acceptors (Lipinski definition) is 2. The zero-order valence-corrected chi connectivity index (χ0v) is 12.0. The number of rotatable bonds is 0. The number of ether oxygens (including phenoxy) is 2. The van der Waals surface area contributed by atoms with Crippen LogP contribution in [0, 0.1) is 0 Å². The Bertz CT molecular complexity index is 899. The van der Waals surface area contributed by atoms with E-state index in [0.29, 0.717) is 0 Å². The highest BCUT2D eigenvalue weighted by molar-refractivity contribution is 5.89. The standard InChI is InChI=1S/C20H14O2/c1-3-7-16-14(5-1)9-10-18-19(16)20(11-12-21-18)13-15-6-2-4-8-17(15)22-20/h1-12H,13H2. The highest BCUT2D eigenvalue weighted by Crippen LogP contribution is 2.49. The Morgan fingerprint density at radius 1 is 0.818 bits per heavy atom. The van der Waals surface area contributed by atoms with Crippen molar-refractivity contribution in [2.24, 2.45) is 0 Å². The van der Waals surface area contributed by atoms with Crippen molar-refractivity contribution in [1.82, 2.24) is 0 Å². The summed E-state index contributed by atoms with van der Waals surface area (Å²) >= 11 is 0. The first-order valence-corrected chi connectivity index (χ1v) is 7.49. The van der Waals surface area contributed by atoms with Crippen LogP contribution < -0.4 is 9.47 Å². The minimum absolute atomic E-state index is 0.460. The maximum absolute atomic E-state index is 6.40. The van der Waals surface area contributed by atoms with E-state index in [0.717, 1.165) is 23.5 Å². The van der Waals surface area contributed by atoms with Gasteiger partial charge in [-0.3, -0.25) is 0 Å². The molecule has 2 aliphatic rings. The van der Waals surface area contributed by atoms with E-state index in [1.807, 2.05) is 24.3 Å². The lowest BCUT2D eigenvalue weighted by Crippen LogP contribution is -2.31. The van der Waals surface area contributed by atoms with Gasteiger partial charge in [-0.2, -0.15) is 0 Å². The Labute approximate surface area is 128 Å². The fourth-order valence-electron chi connectivity index (χ4n) is 3.58. The average molecular weight is 286 g/mol. The van der Waals surface area contributed by atoms with E-state index in [1.54, 1.807) is 6.26 Å². The molecule has 0 aliphatic carbocycles. The molecular formula is C20H14O2. The zero-order valence-electron chi connectivity index (χ0n) is 12.0. The van der Waals surface area contributed by atoms with Gasteiger partial charge in [-0.15, -0.1) is 0 Å². The highest BCUT2D eigenvalue weighted by Gasteiger charge is 2.43. The predicted octanol–water partition coefficient (Wildman–Crippen LogP) is 4.58. The van der Waals surface area contributed by atoms with E-state index in [9.17, 15) is 0 Å². The van der Waals surface area contributed by atoms with E-state index in [4.69, 9.17) is 9.47 Å². The molecule has 2 aliphatic heterocycles. The van der Waals surface area contributed by atoms with Gasteiger partial charge in [-0.05, 0) is 34.5 Å². The number of fused-ring (bicyclic) bond motifs is 5. The van der Waals surface area contributed by atoms with E-state index in [1.165, 1.54) is 16.3 Å². The second-order valence-corrected chi connectivity index (χ2v) is 5.86. The largest absolute Gasteiger partial charge is 0.478 e. The first-order chi connectivity index (χ1) is 10.9. The Morgan fingerprint density at radius 2 is 1.68 bits per heavy atom. The van der Waals surface area contributed by atoms with Crippen molar-refractivity contribution in [3.8, 4) is 11.5 Å². The smallest absolute Gasteiger partial charge is 0.164 e. The molecule has 1 spiro atoms. The molecule has 1 atom stereocenters. The molecule has 22 heavy (non-hydrogen) atoms. The average Bonchev–Trinajstić information content (AvgIpc) is 2.93. The minimum Gasteiger partial charge on any atom is -0.478 e. The van der Waals surface area contributed by atoms with Crippen molar-refractivity contribution < 1.29 is 9.47 Å². The molecule has 3 aromatic rings. The molecule has 0 saturated carbocycles. The van der Waals surface area contributed by atoms with Gasteiger partial charge < -0.3 is 9.47 Å². The van der Waals surface area contributed by atoms with Crippen LogP contribution in [0.4, 0.5) is 0 Å². The van der Waals surface area contributed by atoms with Crippen molar-refractivity contribution in [3.05, 3.63) is 84.1 Å². The molecule has 2 heterocycles. The van der Waals surface area contributed by atoms with Crippen molar-refractivity contribution >= 4 is 10.8 Å². The van der Waals surface area contributed by atoms with Crippen LogP contribution >= 0.6 is 0 Å². The fourth-order valence-corrected chi connectivity index (χ4v) is 3.58. The molecule has 0 bridgehead atoms. The van der Waals surface area contributed by atoms with Gasteiger partial charge in [0.2, 0.25) is 0 Å². The van der Waals surface area contributed by atoms with Crippen molar-refractivity contribution in [1.29, 1.82) is 0 Å². The summed E-state index contributed by atoms with van der Waals surface area (Å²) in [5, 5.41) is 2.40. The summed E-state index contributed by atoms with van der Waals surface area (Å²) in [6.45, 7) is 0. The summed E-state index contributed by atoms with van der Waals surface area (Å²) in [6, 6.07) is 20.8. The van der Waals surface area contributed by atoms with E-state index in [-0.39, 0.29) is 0 Å². The maximum atomic E-state index is 6.40. The fraction of sp³-hybridized carbons (Fsp3) is 0.100. The van der Waals surface area contributed by atoms with E-state index < -0.39 is 5.60 Å². The SMILES string of the molecule is C1=CC2(Cc3ccccc3O2)c2c(ccc3ccccc23)O1. The van der Waals surface area contributed by atoms with Gasteiger partial charge in [-0.25, -0.2) is 0 Å². The summed E-state index contributed by atoms with van der Waals surface area (Å²) in [5.74, 6) is 1.85. The molecule has 1 unspecified atom stereocenters. The first-order valence-electron chi connectivity index (χ1n) is 7.49. The Morgan fingerprint density at radius 3 is 2.64 bits per heavy atom. The molecule has 0 N–H and O–H groups in total. The van der Waals surface area contributed by atoms with Crippen LogP contribution in [0.5, 0.6) is 11.5 Å². The lowest BCUT2D eigenvalue weighted by Gasteiger charge is -2.31. The quantitative estimate of drug-likeness (QED) is 0.602. The minimum atomic E-state index is -0.460. The lowest BCUT2D eigenvalue weighted by atomic mass is 9.84. The molecular weight excluding hydrogens is 272 g/mol. The number of benzene rings is 3. The van der Waals surface area contributed by atoms with Gasteiger partial charge in [-0.1, -0.05) is 48.5 Å². The predicted molar refractivity (Wildman–Crippen MR) is 86.2 cm³/mol. The van der Waals surface area contributed by atoms with Crippen LogP contribution in [0.3, 0.4) is 0 Å². The zero-order chi connectivity index (χ0) is 14.6. The summed E-state index contributed by atoms with van der Waals surface area (Å²) < 4.78 is 12.2. The van der Waals surface area contributed by atoms with Crippen molar-refractivity contribution in [2.75, 3.05) is 0 Å². The van der Waals surface area contributed by atoms with E-state index in [2.05, 4.69) is 42.5 Å². The van der Waals surface area contributed by atoms with Crippen LogP contribution in [0.2, 0.25) is 0 Å². The Hall–Kier alpha value is -2.74. The molecule has 2 nitrogen and oxygen atoms in total. The molecule has 3 aromatic carbocycles. The number of para-hydroxylation sites is 1. The van der Waals surface area contributed by atoms with Gasteiger partial charge in [0.15, 0.2) is 5.60 Å². The summed E-state index contributed by atoms with van der Waals surface area (Å²) in [4.78, 5) is 0. The molecule has 0 amide bonds. The molecule has 2 heteroatoms. The second-order valence-electron chi connectivity index (χ2n) is 5.86. The molecule has 0 saturated heterocycles. The molecule has 0 radical (unpaired) electrons. The maximum Gasteiger partial charge on any atom is 0.164 e. The van der Waals surface area contributed by atoms with Crippen LogP contribution in [0.1, 0.15) is 11.1 Å². The summed E-state index contributed by atoms with van der Waals surface area (Å²) in [7, 11) is 0. The third-order valence-electron chi connectivity index (χ3n) is 4.56. The second kappa shape index (κ2) is 4.14. The monoisotopic (exact) mass is 286 g/mol. The van der Waals surface area contributed by atoms with Crippen LogP contribution in [-0.2, 0) is 12.0 Å². The van der Waals surface area contributed by atoms with Gasteiger partial charge >= 0.3 is 0 Å². The number of hydrogen-bond donors (Lipinski definition) is 0. The first kappa shape index (κ1) is 11.9. The molecule has 5 rings (SSSR count). The molecule has 106 valence electrons. The highest BCUT2D eigenvalue weighted by atomic mass is 16.5. The van der Waals surface area contributed by atoms with Gasteiger partial charge in [0.25, 0.3) is 0 Å². The van der Waals surface area contributed by atoms with Crippen LogP contribution in [-0.4, -0.2) is 0 Å². The van der Waals surface area contributed by atoms with Gasteiger partial charge in [0.1, 0.15) is 11.5 Å². The van der Waals surface area contributed by atoms with Gasteiger partial charge in [0, 0.05) is 6.42 Å². The topological polar surface area (TPSA) is 18.5 Å². The van der Waals surface area contributed by atoms with Crippen molar-refractivity contribution in [3.63, 3.8) is 0 Å².